The molecule has 8 rings (SSSR count). The molecule has 3 aliphatic carbocycles. The van der Waals surface area contributed by atoms with Gasteiger partial charge in [0.05, 0.1) is 71.9 Å². The van der Waals surface area contributed by atoms with E-state index in [1.807, 2.05) is 29.3 Å². The Kier molecular flexibility index (Phi) is 24.3. The van der Waals surface area contributed by atoms with Gasteiger partial charge in [-0.15, -0.1) is 0 Å². The van der Waals surface area contributed by atoms with E-state index in [1.54, 1.807) is 84.3 Å². The first kappa shape index (κ1) is 62.2. The number of fused-ring (bicyclic) bond motifs is 1. The van der Waals surface area contributed by atoms with Crippen LogP contribution in [0, 0.1) is 11.8 Å². The van der Waals surface area contributed by atoms with Gasteiger partial charge in [0.1, 0.15) is 35.2 Å². The lowest BCUT2D eigenvalue weighted by atomic mass is 9.87. The van der Waals surface area contributed by atoms with Crippen molar-refractivity contribution in [1.29, 1.82) is 0 Å². The molecular weight excluding hydrogens is 1090 g/mol. The summed E-state index contributed by atoms with van der Waals surface area (Å²) in [6, 6.07) is 26.7. The number of hydrogen-bond donors (Lipinski definition) is 0. The summed E-state index contributed by atoms with van der Waals surface area (Å²) in [4.78, 5) is 81.8. The van der Waals surface area contributed by atoms with Crippen LogP contribution in [0.1, 0.15) is 161 Å². The van der Waals surface area contributed by atoms with Gasteiger partial charge in [-0.1, -0.05) is 55.9 Å². The van der Waals surface area contributed by atoms with E-state index in [0.717, 1.165) is 111 Å². The van der Waals surface area contributed by atoms with Gasteiger partial charge in [-0.2, -0.15) is 5.10 Å². The van der Waals surface area contributed by atoms with Gasteiger partial charge in [-0.05, 0) is 194 Å². The van der Waals surface area contributed by atoms with Crippen LogP contribution in [0.3, 0.4) is 0 Å². The normalized spacial score (nSPS) is 18.0. The molecule has 1 aromatic heterocycles. The summed E-state index contributed by atoms with van der Waals surface area (Å²) in [7, 11) is 0. The largest absolute Gasteiger partial charge is 0.494 e. The Balaban J connectivity index is 0.835. The van der Waals surface area contributed by atoms with E-state index >= 15 is 0 Å². The molecule has 3 saturated carbocycles. The lowest BCUT2D eigenvalue weighted by Gasteiger charge is -2.30. The number of carbonyl (C=O) groups is 6. The fraction of sp³-hybridized carbons (Fsp3) is 0.455. The lowest BCUT2D eigenvalue weighted by molar-refractivity contribution is -0.141. The Morgan fingerprint density at radius 3 is 1.61 bits per heavy atom. The van der Waals surface area contributed by atoms with Crippen molar-refractivity contribution in [3.05, 3.63) is 133 Å². The van der Waals surface area contributed by atoms with E-state index in [0.29, 0.717) is 106 Å². The molecule has 0 saturated heterocycles. The zero-order chi connectivity index (χ0) is 58.9. The van der Waals surface area contributed by atoms with Gasteiger partial charge in [0, 0.05) is 17.7 Å². The highest BCUT2D eigenvalue weighted by atomic mass is 32.1. The van der Waals surface area contributed by atoms with Crippen LogP contribution in [0.15, 0.2) is 121 Å². The molecule has 3 aliphatic rings. The summed E-state index contributed by atoms with van der Waals surface area (Å²) in [6.45, 7) is 8.59. The topological polar surface area (TPSA) is 205 Å². The molecule has 17 nitrogen and oxygen atoms in total. The molecule has 0 N–H and O–H groups in total. The minimum atomic E-state index is -0.555. The first-order valence-electron chi connectivity index (χ1n) is 29.7. The Labute approximate surface area is 495 Å². The number of aromatic nitrogens is 1. The first-order chi connectivity index (χ1) is 41.0. The van der Waals surface area contributed by atoms with E-state index in [1.165, 1.54) is 0 Å². The third-order valence-corrected chi connectivity index (χ3v) is 16.3. The van der Waals surface area contributed by atoms with Crippen LogP contribution in [0.2, 0.25) is 0 Å². The number of hydrogen-bond acceptors (Lipinski definition) is 18. The summed E-state index contributed by atoms with van der Waals surface area (Å²) in [5.74, 6) is -1.37. The van der Waals surface area contributed by atoms with E-state index in [2.05, 4.69) is 13.2 Å². The fourth-order valence-electron chi connectivity index (χ4n) is 10.5. The van der Waals surface area contributed by atoms with Gasteiger partial charge in [0.2, 0.25) is 5.13 Å². The maximum atomic E-state index is 14.2. The molecular formula is C66H77N3O14S. The number of rotatable bonds is 30. The van der Waals surface area contributed by atoms with E-state index in [4.69, 9.17) is 48.0 Å². The van der Waals surface area contributed by atoms with Crippen molar-refractivity contribution >= 4 is 68.7 Å². The Bertz CT molecular complexity index is 2980. The van der Waals surface area contributed by atoms with E-state index in [-0.39, 0.29) is 35.3 Å². The molecule has 446 valence electrons. The number of esters is 6. The zero-order valence-electron chi connectivity index (χ0n) is 47.8. The minimum absolute atomic E-state index is 0.0971. The summed E-state index contributed by atoms with van der Waals surface area (Å²) >= 11 is 1.56. The van der Waals surface area contributed by atoms with Gasteiger partial charge in [-0.3, -0.25) is 9.59 Å². The van der Waals surface area contributed by atoms with Crippen molar-refractivity contribution in [2.24, 2.45) is 16.9 Å². The van der Waals surface area contributed by atoms with E-state index in [9.17, 15) is 28.8 Å². The number of anilines is 1. The van der Waals surface area contributed by atoms with Gasteiger partial charge >= 0.3 is 35.8 Å². The molecule has 0 atom stereocenters. The van der Waals surface area contributed by atoms with Crippen LogP contribution in [0.5, 0.6) is 23.0 Å². The molecule has 4 aromatic carbocycles. The maximum Gasteiger partial charge on any atom is 0.339 e. The number of thiazole rings is 1. The molecule has 84 heavy (non-hydrogen) atoms. The van der Waals surface area contributed by atoms with Crippen LogP contribution in [0.4, 0.5) is 5.13 Å². The molecule has 0 aliphatic heterocycles. The van der Waals surface area contributed by atoms with Crippen LogP contribution >= 0.6 is 11.3 Å². The first-order valence-corrected chi connectivity index (χ1v) is 30.6. The molecule has 0 amide bonds. The van der Waals surface area contributed by atoms with Crippen LogP contribution in [-0.2, 0) is 38.1 Å². The summed E-state index contributed by atoms with van der Waals surface area (Å²) in [6.07, 6.45) is 19.1. The number of carbonyl (C=O) groups excluding carboxylic acids is 6. The molecule has 0 spiro atoms. The standard InChI is InChI=1S/C66H77N3O14S/c1-3-60(70)78-42-16-7-5-14-40-76-51-28-22-46(23-29-51)62(72)80-53-30-24-48(25-31-53)64(74)83-56-38-39-57(49(44-56)45-67-69(50-18-10-9-11-19-50)66-68-58-20-12-13-21-59(58)84-66)65(75)82-54-32-26-47(27-33-54)63(73)81-55-36-34-52(35-37-55)77-41-15-6-8-17-43-79-61(71)4-2/h3-4,12-13,20-23,28-29,34-39,44-45,47-48,50,53-54H,1-2,5-11,14-19,24-27,30-33,40-43H2/b67-45+. The highest BCUT2D eigenvalue weighted by Crippen LogP contribution is 2.36. The number of para-hydroxylation sites is 1. The predicted octanol–water partition coefficient (Wildman–Crippen LogP) is 13.4. The third kappa shape index (κ3) is 19.4. The second-order valence-corrected chi connectivity index (χ2v) is 22.5. The number of nitrogens with zero attached hydrogens (tertiary/aromatic N) is 3. The Morgan fingerprint density at radius 2 is 1.05 bits per heavy atom. The molecule has 0 unspecified atom stereocenters. The van der Waals surface area contributed by atoms with Crippen molar-refractivity contribution in [2.75, 3.05) is 31.4 Å². The average molecular weight is 1170 g/mol. The Hall–Kier alpha value is -7.86. The number of hydrazone groups is 1. The van der Waals surface area contributed by atoms with Crippen LogP contribution in [-0.4, -0.2) is 91.7 Å². The van der Waals surface area contributed by atoms with Gasteiger partial charge in [0.15, 0.2) is 0 Å². The van der Waals surface area contributed by atoms with Crippen molar-refractivity contribution in [3.63, 3.8) is 0 Å². The molecule has 5 aromatic rings. The SMILES string of the molecule is C=CC(=O)OCCCCCCOc1ccc(OC(=O)C2CCC(OC(=O)c3ccc(OC(=O)C4CCC(OC(=O)c5ccc(OCCCCCCOC(=O)C=C)cc5)CC4)cc3/C=N/N(c3nc4ccccc4s3)C3CCCCC3)CC2)cc1. The quantitative estimate of drug-likeness (QED) is 0.00797. The summed E-state index contributed by atoms with van der Waals surface area (Å²) < 4.78 is 46.6. The van der Waals surface area contributed by atoms with Crippen molar-refractivity contribution < 1.29 is 66.7 Å². The molecule has 18 heteroatoms. The average Bonchev–Trinajstić information content (AvgIpc) is 3.63. The van der Waals surface area contributed by atoms with Crippen LogP contribution in [0.25, 0.3) is 10.2 Å². The third-order valence-electron chi connectivity index (χ3n) is 15.3. The number of ether oxygens (including phenoxy) is 8. The minimum Gasteiger partial charge on any atom is -0.494 e. The van der Waals surface area contributed by atoms with Crippen molar-refractivity contribution in [1.82, 2.24) is 4.98 Å². The van der Waals surface area contributed by atoms with Crippen LogP contribution < -0.4 is 24.0 Å². The molecule has 1 heterocycles. The monoisotopic (exact) mass is 1170 g/mol. The number of benzene rings is 4. The van der Waals surface area contributed by atoms with Crippen molar-refractivity contribution in [2.45, 2.75) is 153 Å². The fourth-order valence-corrected chi connectivity index (χ4v) is 11.5. The Morgan fingerprint density at radius 1 is 0.548 bits per heavy atom. The summed E-state index contributed by atoms with van der Waals surface area (Å²) in [5.41, 5.74) is 1.95. The van der Waals surface area contributed by atoms with Gasteiger partial charge in [0.25, 0.3) is 0 Å². The zero-order valence-corrected chi connectivity index (χ0v) is 48.7. The van der Waals surface area contributed by atoms with E-state index < -0.39 is 41.9 Å². The maximum absolute atomic E-state index is 14.2. The smallest absolute Gasteiger partial charge is 0.339 e. The lowest BCUT2D eigenvalue weighted by Crippen LogP contribution is -2.32. The second-order valence-electron chi connectivity index (χ2n) is 21.5. The molecule has 3 fully saturated rings. The summed E-state index contributed by atoms with van der Waals surface area (Å²) in [5, 5.41) is 7.77. The second kappa shape index (κ2) is 32.8. The highest BCUT2D eigenvalue weighted by Gasteiger charge is 2.33. The van der Waals surface area contributed by atoms with Gasteiger partial charge < -0.3 is 37.9 Å². The van der Waals surface area contributed by atoms with Gasteiger partial charge in [-0.25, -0.2) is 29.2 Å². The number of unbranched alkanes of at least 4 members (excludes halogenated alkanes) is 6. The highest BCUT2D eigenvalue weighted by molar-refractivity contribution is 7.22. The van der Waals surface area contributed by atoms with Crippen molar-refractivity contribution in [3.8, 4) is 23.0 Å². The predicted molar refractivity (Wildman–Crippen MR) is 320 cm³/mol. The molecule has 0 bridgehead atoms. The molecule has 0 radical (unpaired) electrons.